The zero-order valence-electron chi connectivity index (χ0n) is 9.47. The van der Waals surface area contributed by atoms with Gasteiger partial charge in [-0.3, -0.25) is 9.59 Å². The molecule has 1 unspecified atom stereocenters. The zero-order valence-corrected chi connectivity index (χ0v) is 10.3. The maximum absolute atomic E-state index is 11.4. The van der Waals surface area contributed by atoms with Crippen LogP contribution in [-0.4, -0.2) is 24.4 Å². The molecule has 0 fully saturated rings. The summed E-state index contributed by atoms with van der Waals surface area (Å²) in [6.07, 6.45) is 0. The minimum Gasteiger partial charge on any atom is -0.346 e. The largest absolute Gasteiger partial charge is 0.346 e. The number of carbonyl (C=O) groups excluding carboxylic acids is 2. The van der Waals surface area contributed by atoms with E-state index in [0.29, 0.717) is 5.69 Å². The minimum atomic E-state index is -0.607. The van der Waals surface area contributed by atoms with Crippen molar-refractivity contribution in [3.63, 3.8) is 0 Å². The molecule has 1 aromatic rings. The highest BCUT2D eigenvalue weighted by Crippen LogP contribution is 2.03. The topological polar surface area (TPSA) is 84.2 Å². The molecular weight excluding hydrogens is 242 g/mol. The van der Waals surface area contributed by atoms with Crippen LogP contribution in [0.2, 0.25) is 0 Å². The molecule has 0 aliphatic rings. The van der Waals surface area contributed by atoms with Crippen molar-refractivity contribution in [2.24, 2.45) is 5.73 Å². The molecule has 0 bridgehead atoms. The van der Waals surface area contributed by atoms with Crippen LogP contribution in [-0.2, 0) is 9.59 Å². The number of hydrogen-bond donors (Lipinski definition) is 3. The van der Waals surface area contributed by atoms with E-state index in [0.717, 1.165) is 0 Å². The van der Waals surface area contributed by atoms with E-state index in [1.54, 1.807) is 19.1 Å². The fourth-order valence-corrected chi connectivity index (χ4v) is 1.06. The van der Waals surface area contributed by atoms with E-state index < -0.39 is 6.04 Å². The summed E-state index contributed by atoms with van der Waals surface area (Å²) >= 11 is 0. The molecule has 1 rings (SSSR count). The van der Waals surface area contributed by atoms with Crippen molar-refractivity contribution < 1.29 is 9.59 Å². The molecule has 0 saturated carbocycles. The van der Waals surface area contributed by atoms with Gasteiger partial charge in [0.05, 0.1) is 12.6 Å². The summed E-state index contributed by atoms with van der Waals surface area (Å²) in [5, 5.41) is 5.07. The molecular formula is C11H16ClN3O2. The first-order valence-electron chi connectivity index (χ1n) is 4.98. The molecule has 17 heavy (non-hydrogen) atoms. The molecule has 0 aliphatic carbocycles. The van der Waals surface area contributed by atoms with E-state index in [4.69, 9.17) is 5.73 Å². The number of para-hydroxylation sites is 1. The Hall–Kier alpha value is -1.59. The van der Waals surface area contributed by atoms with Crippen LogP contribution in [0.25, 0.3) is 0 Å². The van der Waals surface area contributed by atoms with Crippen molar-refractivity contribution in [2.45, 2.75) is 13.0 Å². The van der Waals surface area contributed by atoms with Crippen LogP contribution in [0.4, 0.5) is 5.69 Å². The first-order valence-corrected chi connectivity index (χ1v) is 4.98. The molecule has 0 spiro atoms. The lowest BCUT2D eigenvalue weighted by molar-refractivity contribution is -0.124. The SMILES string of the molecule is CC(N)C(=O)NCC(=O)Nc1ccccc1.Cl. The monoisotopic (exact) mass is 257 g/mol. The third kappa shape index (κ3) is 5.89. The van der Waals surface area contributed by atoms with Crippen LogP contribution in [0.15, 0.2) is 30.3 Å². The van der Waals surface area contributed by atoms with Crippen LogP contribution in [0.1, 0.15) is 6.92 Å². The van der Waals surface area contributed by atoms with E-state index in [9.17, 15) is 9.59 Å². The molecule has 0 aliphatic heterocycles. The van der Waals surface area contributed by atoms with Gasteiger partial charge >= 0.3 is 0 Å². The Morgan fingerprint density at radius 2 is 1.88 bits per heavy atom. The van der Waals surface area contributed by atoms with Gasteiger partial charge in [0.15, 0.2) is 0 Å². The Bertz CT molecular complexity index is 368. The van der Waals surface area contributed by atoms with Crippen molar-refractivity contribution in [1.82, 2.24) is 5.32 Å². The molecule has 0 heterocycles. The molecule has 0 aromatic heterocycles. The summed E-state index contributed by atoms with van der Waals surface area (Å²) in [7, 11) is 0. The Labute approximate surface area is 106 Å². The zero-order chi connectivity index (χ0) is 12.0. The van der Waals surface area contributed by atoms with Crippen molar-refractivity contribution in [3.8, 4) is 0 Å². The smallest absolute Gasteiger partial charge is 0.243 e. The van der Waals surface area contributed by atoms with E-state index in [2.05, 4.69) is 10.6 Å². The van der Waals surface area contributed by atoms with Crippen molar-refractivity contribution >= 4 is 29.9 Å². The lowest BCUT2D eigenvalue weighted by atomic mass is 10.3. The number of rotatable bonds is 4. The van der Waals surface area contributed by atoms with Crippen LogP contribution >= 0.6 is 12.4 Å². The number of amides is 2. The fraction of sp³-hybridized carbons (Fsp3) is 0.273. The van der Waals surface area contributed by atoms with Gasteiger partial charge in [-0.05, 0) is 19.1 Å². The lowest BCUT2D eigenvalue weighted by Crippen LogP contribution is -2.41. The van der Waals surface area contributed by atoms with E-state index in [1.165, 1.54) is 0 Å². The standard InChI is InChI=1S/C11H15N3O2.ClH/c1-8(12)11(16)13-7-10(15)14-9-5-3-2-4-6-9;/h2-6,8H,7,12H2,1H3,(H,13,16)(H,14,15);1H. The maximum Gasteiger partial charge on any atom is 0.243 e. The number of halogens is 1. The van der Waals surface area contributed by atoms with Gasteiger partial charge in [-0.25, -0.2) is 0 Å². The molecule has 1 atom stereocenters. The summed E-state index contributed by atoms with van der Waals surface area (Å²) in [4.78, 5) is 22.5. The second-order valence-corrected chi connectivity index (χ2v) is 3.42. The van der Waals surface area contributed by atoms with E-state index in [1.807, 2.05) is 18.2 Å². The summed E-state index contributed by atoms with van der Waals surface area (Å²) < 4.78 is 0. The highest BCUT2D eigenvalue weighted by atomic mass is 35.5. The molecule has 0 radical (unpaired) electrons. The van der Waals surface area contributed by atoms with Crippen molar-refractivity contribution in [1.29, 1.82) is 0 Å². The van der Waals surface area contributed by atoms with Crippen LogP contribution in [0, 0.1) is 0 Å². The van der Waals surface area contributed by atoms with E-state index in [-0.39, 0.29) is 30.8 Å². The highest BCUT2D eigenvalue weighted by molar-refractivity contribution is 5.95. The minimum absolute atomic E-state index is 0. The Morgan fingerprint density at radius 3 is 2.41 bits per heavy atom. The number of benzene rings is 1. The first-order chi connectivity index (χ1) is 7.59. The van der Waals surface area contributed by atoms with Gasteiger partial charge < -0.3 is 16.4 Å². The van der Waals surface area contributed by atoms with Gasteiger partial charge in [0, 0.05) is 5.69 Å². The predicted octanol–water partition coefficient (Wildman–Crippen LogP) is 0.510. The second kappa shape index (κ2) is 7.65. The summed E-state index contributed by atoms with van der Waals surface area (Å²) in [6.45, 7) is 1.49. The second-order valence-electron chi connectivity index (χ2n) is 3.42. The number of hydrogen-bond acceptors (Lipinski definition) is 3. The summed E-state index contributed by atoms with van der Waals surface area (Å²) in [6, 6.07) is 8.42. The van der Waals surface area contributed by atoms with Gasteiger partial charge in [-0.2, -0.15) is 0 Å². The summed E-state index contributed by atoms with van der Waals surface area (Å²) in [5.74, 6) is -0.622. The third-order valence-electron chi connectivity index (χ3n) is 1.89. The Balaban J connectivity index is 0.00000256. The normalized spacial score (nSPS) is 10.9. The first kappa shape index (κ1) is 15.4. The lowest BCUT2D eigenvalue weighted by Gasteiger charge is -2.08. The highest BCUT2D eigenvalue weighted by Gasteiger charge is 2.08. The van der Waals surface area contributed by atoms with Gasteiger partial charge in [0.25, 0.3) is 0 Å². The molecule has 2 amide bonds. The van der Waals surface area contributed by atoms with Gasteiger partial charge in [-0.1, -0.05) is 18.2 Å². The maximum atomic E-state index is 11.4. The predicted molar refractivity (Wildman–Crippen MR) is 69.0 cm³/mol. The van der Waals surface area contributed by atoms with Crippen molar-refractivity contribution in [2.75, 3.05) is 11.9 Å². The number of nitrogens with one attached hydrogen (secondary N) is 2. The van der Waals surface area contributed by atoms with Gasteiger partial charge in [0.1, 0.15) is 0 Å². The third-order valence-corrected chi connectivity index (χ3v) is 1.89. The van der Waals surface area contributed by atoms with Crippen LogP contribution in [0.3, 0.4) is 0 Å². The number of carbonyl (C=O) groups is 2. The average molecular weight is 258 g/mol. The number of anilines is 1. The summed E-state index contributed by atoms with van der Waals surface area (Å²) in [5.41, 5.74) is 6.03. The Kier molecular flexibility index (Phi) is 6.93. The fourth-order valence-electron chi connectivity index (χ4n) is 1.06. The van der Waals surface area contributed by atoms with Gasteiger partial charge in [0.2, 0.25) is 11.8 Å². The Morgan fingerprint density at radius 1 is 1.29 bits per heavy atom. The van der Waals surface area contributed by atoms with E-state index >= 15 is 0 Å². The molecule has 6 heteroatoms. The molecule has 5 nitrogen and oxygen atoms in total. The molecule has 94 valence electrons. The van der Waals surface area contributed by atoms with Crippen LogP contribution in [0.5, 0.6) is 0 Å². The average Bonchev–Trinajstić information content (AvgIpc) is 2.27. The molecule has 1 aromatic carbocycles. The molecule has 0 saturated heterocycles. The van der Waals surface area contributed by atoms with Crippen molar-refractivity contribution in [3.05, 3.63) is 30.3 Å². The molecule has 4 N–H and O–H groups in total. The number of nitrogens with two attached hydrogens (primary N) is 1. The van der Waals surface area contributed by atoms with Crippen LogP contribution < -0.4 is 16.4 Å². The quantitative estimate of drug-likeness (QED) is 0.735. The van der Waals surface area contributed by atoms with Gasteiger partial charge in [-0.15, -0.1) is 12.4 Å².